The average Bonchev–Trinajstić information content (AvgIpc) is 3.09. The molecule has 4 heteroatoms. The number of hydrogen-bond acceptors (Lipinski definition) is 3. The molecule has 0 amide bonds. The Kier molecular flexibility index (Phi) is 4.26. The van der Waals surface area contributed by atoms with Gasteiger partial charge in [-0.2, -0.15) is 0 Å². The highest BCUT2D eigenvalue weighted by atomic mass is 16.5. The lowest BCUT2D eigenvalue weighted by Crippen LogP contribution is -2.33. The number of rotatable bonds is 5. The maximum atomic E-state index is 11.3. The molecule has 1 unspecified atom stereocenters. The Morgan fingerprint density at radius 2 is 2.05 bits per heavy atom. The first kappa shape index (κ1) is 15.5. The highest BCUT2D eigenvalue weighted by Gasteiger charge is 2.59. The minimum absolute atomic E-state index is 0.0622. The minimum Gasteiger partial charge on any atom is -0.478 e. The van der Waals surface area contributed by atoms with Crippen molar-refractivity contribution in [1.29, 1.82) is 0 Å². The van der Waals surface area contributed by atoms with Crippen molar-refractivity contribution in [2.45, 2.75) is 83.7 Å². The topological polar surface area (TPSA) is 49.5 Å². The van der Waals surface area contributed by atoms with E-state index in [1.807, 2.05) is 6.08 Å². The molecule has 2 rings (SSSR count). The van der Waals surface area contributed by atoms with Crippen LogP contribution in [0.4, 0.5) is 0 Å². The molecule has 20 heavy (non-hydrogen) atoms. The van der Waals surface area contributed by atoms with Crippen LogP contribution in [-0.4, -0.2) is 45.8 Å². The minimum atomic E-state index is -0.803. The van der Waals surface area contributed by atoms with Gasteiger partial charge in [-0.05, 0) is 46.1 Å². The molecule has 4 atom stereocenters. The molecule has 1 heterocycles. The smallest absolute Gasteiger partial charge is 0.331 e. The number of ether oxygens (including phenoxy) is 1. The number of carboxylic acid groups (broad SMARTS) is 1. The lowest BCUT2D eigenvalue weighted by molar-refractivity contribution is -0.133. The van der Waals surface area contributed by atoms with E-state index in [9.17, 15) is 9.90 Å². The van der Waals surface area contributed by atoms with Crippen molar-refractivity contribution >= 4 is 5.97 Å². The van der Waals surface area contributed by atoms with Gasteiger partial charge in [0.2, 0.25) is 0 Å². The van der Waals surface area contributed by atoms with Crippen LogP contribution in [0.2, 0.25) is 0 Å². The molecule has 4 nitrogen and oxygen atoms in total. The van der Waals surface area contributed by atoms with Gasteiger partial charge in [0.05, 0.1) is 18.2 Å². The van der Waals surface area contributed by atoms with E-state index >= 15 is 0 Å². The number of carboxylic acids is 1. The van der Waals surface area contributed by atoms with Gasteiger partial charge < -0.3 is 9.84 Å². The van der Waals surface area contributed by atoms with Gasteiger partial charge in [-0.25, -0.2) is 4.79 Å². The monoisotopic (exact) mass is 281 g/mol. The number of nitrogens with zero attached hydrogens (tertiary/aromatic N) is 1. The van der Waals surface area contributed by atoms with Gasteiger partial charge >= 0.3 is 5.97 Å². The summed E-state index contributed by atoms with van der Waals surface area (Å²) in [5.41, 5.74) is 0.570. The summed E-state index contributed by atoms with van der Waals surface area (Å²) in [4.78, 5) is 13.7. The summed E-state index contributed by atoms with van der Waals surface area (Å²) in [5, 5.41) is 9.29. The number of aliphatic carboxylic acids is 1. The second kappa shape index (κ2) is 5.49. The van der Waals surface area contributed by atoms with Crippen LogP contribution in [-0.2, 0) is 9.53 Å². The predicted molar refractivity (Wildman–Crippen MR) is 78.7 cm³/mol. The Hall–Kier alpha value is -0.870. The summed E-state index contributed by atoms with van der Waals surface area (Å²) in [6.07, 6.45) is 4.55. The van der Waals surface area contributed by atoms with Crippen molar-refractivity contribution in [3.8, 4) is 0 Å². The van der Waals surface area contributed by atoms with Crippen molar-refractivity contribution in [3.63, 3.8) is 0 Å². The van der Waals surface area contributed by atoms with Crippen LogP contribution in [0.25, 0.3) is 0 Å². The molecule has 0 aromatic heterocycles. The van der Waals surface area contributed by atoms with Gasteiger partial charge in [-0.1, -0.05) is 13.8 Å². The lowest BCUT2D eigenvalue weighted by atomic mass is 9.97. The largest absolute Gasteiger partial charge is 0.478 e. The molecule has 1 saturated heterocycles. The molecule has 0 aromatic carbocycles. The van der Waals surface area contributed by atoms with Crippen molar-refractivity contribution in [2.24, 2.45) is 0 Å². The summed E-state index contributed by atoms with van der Waals surface area (Å²) in [5.74, 6) is -0.803. The van der Waals surface area contributed by atoms with E-state index in [1.165, 1.54) is 0 Å². The summed E-state index contributed by atoms with van der Waals surface area (Å²) < 4.78 is 6.17. The fraction of sp³-hybridized carbons (Fsp3) is 0.812. The Morgan fingerprint density at radius 1 is 1.45 bits per heavy atom. The third-order valence-corrected chi connectivity index (χ3v) is 4.42. The Morgan fingerprint density at radius 3 is 2.50 bits per heavy atom. The molecule has 1 aliphatic carbocycles. The quantitative estimate of drug-likeness (QED) is 0.787. The maximum absolute atomic E-state index is 11.3. The third-order valence-electron chi connectivity index (χ3n) is 4.42. The van der Waals surface area contributed by atoms with Crippen LogP contribution < -0.4 is 0 Å². The van der Waals surface area contributed by atoms with Gasteiger partial charge in [-0.15, -0.1) is 0 Å². The standard InChI is InChI=1S/C16H27NO3/c1-6-11(7-2)20-13-9-10(15(18)19)8-12-14(13)17(12)16(3,4)5/h9,11-14H,6-8H2,1-5H3,(H,18,19)/t12-,13-,14+,17?/m1/s1. The van der Waals surface area contributed by atoms with E-state index in [1.54, 1.807) is 0 Å². The summed E-state index contributed by atoms with van der Waals surface area (Å²) in [6.45, 7) is 10.8. The Bertz CT molecular complexity index is 406. The van der Waals surface area contributed by atoms with Gasteiger partial charge in [0.15, 0.2) is 0 Å². The van der Waals surface area contributed by atoms with Crippen LogP contribution in [0, 0.1) is 0 Å². The lowest BCUT2D eigenvalue weighted by Gasteiger charge is -2.26. The number of carbonyl (C=O) groups is 1. The normalized spacial score (nSPS) is 32.8. The van der Waals surface area contributed by atoms with Gasteiger partial charge in [0, 0.05) is 17.2 Å². The zero-order valence-electron chi connectivity index (χ0n) is 13.2. The van der Waals surface area contributed by atoms with Gasteiger partial charge in [0.1, 0.15) is 0 Å². The first-order valence-corrected chi connectivity index (χ1v) is 7.67. The molecular formula is C16H27NO3. The molecular weight excluding hydrogens is 254 g/mol. The average molecular weight is 281 g/mol. The first-order valence-electron chi connectivity index (χ1n) is 7.67. The summed E-state index contributed by atoms with van der Waals surface area (Å²) >= 11 is 0. The molecule has 114 valence electrons. The van der Waals surface area contributed by atoms with Crippen LogP contribution >= 0.6 is 0 Å². The van der Waals surface area contributed by atoms with Crippen LogP contribution in [0.1, 0.15) is 53.9 Å². The third kappa shape index (κ3) is 2.91. The van der Waals surface area contributed by atoms with E-state index in [0.717, 1.165) is 12.8 Å². The second-order valence-electron chi connectivity index (χ2n) is 6.88. The zero-order chi connectivity index (χ0) is 15.1. The van der Waals surface area contributed by atoms with Crippen molar-refractivity contribution in [2.75, 3.05) is 0 Å². The molecule has 0 spiro atoms. The molecule has 0 aromatic rings. The van der Waals surface area contributed by atoms with Crippen LogP contribution in [0.3, 0.4) is 0 Å². The van der Waals surface area contributed by atoms with Gasteiger partial charge in [-0.3, -0.25) is 4.90 Å². The zero-order valence-corrected chi connectivity index (χ0v) is 13.2. The highest BCUT2D eigenvalue weighted by Crippen LogP contribution is 2.46. The van der Waals surface area contributed by atoms with E-state index < -0.39 is 5.97 Å². The SMILES string of the molecule is CCC(CC)O[C@@H]1C=C(C(=O)O)C[C@@H]2[C@@H]1N2C(C)(C)C. The van der Waals surface area contributed by atoms with Crippen molar-refractivity contribution in [1.82, 2.24) is 4.90 Å². The Labute approximate surface area is 121 Å². The Balaban J connectivity index is 2.17. The van der Waals surface area contributed by atoms with E-state index in [2.05, 4.69) is 39.5 Å². The summed E-state index contributed by atoms with van der Waals surface area (Å²) in [7, 11) is 0. The fourth-order valence-electron chi connectivity index (χ4n) is 3.41. The molecule has 1 aliphatic heterocycles. The number of fused-ring (bicyclic) bond motifs is 1. The van der Waals surface area contributed by atoms with Gasteiger partial charge in [0.25, 0.3) is 0 Å². The van der Waals surface area contributed by atoms with Crippen LogP contribution in [0.15, 0.2) is 11.6 Å². The maximum Gasteiger partial charge on any atom is 0.331 e. The fourth-order valence-corrected chi connectivity index (χ4v) is 3.41. The van der Waals surface area contributed by atoms with E-state index in [0.29, 0.717) is 24.1 Å². The molecule has 1 N–H and O–H groups in total. The first-order chi connectivity index (χ1) is 9.29. The second-order valence-corrected chi connectivity index (χ2v) is 6.88. The highest BCUT2D eigenvalue weighted by molar-refractivity contribution is 5.87. The van der Waals surface area contributed by atoms with Crippen LogP contribution in [0.5, 0.6) is 0 Å². The van der Waals surface area contributed by atoms with Crippen molar-refractivity contribution < 1.29 is 14.6 Å². The molecule has 1 fully saturated rings. The summed E-state index contributed by atoms with van der Waals surface area (Å²) in [6, 6.07) is 0.671. The molecule has 0 saturated carbocycles. The molecule has 0 radical (unpaired) electrons. The van der Waals surface area contributed by atoms with Crippen molar-refractivity contribution in [3.05, 3.63) is 11.6 Å². The number of hydrogen-bond donors (Lipinski definition) is 1. The van der Waals surface area contributed by atoms with E-state index in [-0.39, 0.29) is 17.7 Å². The molecule has 2 aliphatic rings. The van der Waals surface area contributed by atoms with E-state index in [4.69, 9.17) is 4.74 Å². The predicted octanol–water partition coefficient (Wildman–Crippen LogP) is 2.83. The molecule has 0 bridgehead atoms.